The van der Waals surface area contributed by atoms with Gasteiger partial charge in [-0.2, -0.15) is 0 Å². The Labute approximate surface area is 324 Å². The molecule has 6 heteroatoms. The number of rotatable bonds is 11. The molecule has 3 heterocycles. The molecule has 1 N–H and O–H groups in total. The van der Waals surface area contributed by atoms with Gasteiger partial charge in [0.25, 0.3) is 0 Å². The van der Waals surface area contributed by atoms with Gasteiger partial charge in [0.05, 0.1) is 0 Å². The van der Waals surface area contributed by atoms with Crippen molar-refractivity contribution in [1.82, 2.24) is 9.97 Å². The minimum Gasteiger partial charge on any atom is -0.512 e. The molecule has 51 heavy (non-hydrogen) atoms. The van der Waals surface area contributed by atoms with E-state index in [4.69, 9.17) is 9.97 Å². The van der Waals surface area contributed by atoms with Crippen LogP contribution >= 0.6 is 11.3 Å². The van der Waals surface area contributed by atoms with Crippen LogP contribution in [0.15, 0.2) is 78.8 Å². The molecule has 0 spiro atoms. The van der Waals surface area contributed by atoms with Gasteiger partial charge < -0.3 is 5.11 Å². The van der Waals surface area contributed by atoms with Crippen LogP contribution in [0.1, 0.15) is 112 Å². The molecule has 4 nitrogen and oxygen atoms in total. The average molecular weight is 882 g/mol. The topological polar surface area (TPSA) is 63.1 Å². The van der Waals surface area contributed by atoms with E-state index in [1.807, 2.05) is 53.9 Å². The first-order valence-electron chi connectivity index (χ1n) is 18.3. The van der Waals surface area contributed by atoms with Crippen LogP contribution in [0, 0.1) is 22.8 Å². The third-order valence-electron chi connectivity index (χ3n) is 10.6. The van der Waals surface area contributed by atoms with E-state index in [1.54, 1.807) is 11.3 Å². The number of nitrogens with zero attached hydrogens (tertiary/aromatic N) is 2. The Hall–Kier alpha value is -3.18. The predicted molar refractivity (Wildman–Crippen MR) is 215 cm³/mol. The number of aliphatic hydroxyl groups is 1. The van der Waals surface area contributed by atoms with Gasteiger partial charge in [0, 0.05) is 70.9 Å². The molecule has 1 radical (unpaired) electrons. The SMILES string of the molecule is CC(C)Cc1cc2cc(-c3ccnc(-c4[c-]c5ccccc5c(C(C)(C)C)c4)c3)cnc2s1.CCC(C)(CC)C(=O)/C=C(\O)C(C)(CC)CC.[Ir]. The number of ketones is 1. The summed E-state index contributed by atoms with van der Waals surface area (Å²) in [5.41, 5.74) is 4.97. The Bertz CT molecular complexity index is 1960. The number of hydrogen-bond donors (Lipinski definition) is 1. The van der Waals surface area contributed by atoms with E-state index in [-0.39, 0.29) is 47.9 Å². The molecule has 0 aliphatic heterocycles. The number of carbonyl (C=O) groups excluding carboxylic acids is 1. The zero-order valence-corrected chi connectivity index (χ0v) is 35.7. The molecule has 0 saturated heterocycles. The standard InChI is InChI=1S/C30H29N2S.C15H28O2.Ir/c1-19(2)12-25-15-23-14-24(18-32-29(23)33-25)20-10-11-31-28(17-20)22-13-21-8-6-7-9-26(21)27(16-22)30(3,4)5;1-7-14(5,8-2)12(16)11-13(17)15(6,9-3)10-4;/h6-11,14-19H,12H2,1-5H3;11,16H,7-10H2,1-6H3;/q-1;;/b;12-11-;. The van der Waals surface area contributed by atoms with Crippen molar-refractivity contribution in [3.63, 3.8) is 0 Å². The first-order chi connectivity index (χ1) is 23.6. The number of benzene rings is 2. The molecule has 0 unspecified atom stereocenters. The molecule has 0 aliphatic rings. The molecular formula is C45H57IrN2O2S-. The van der Waals surface area contributed by atoms with E-state index in [2.05, 4.69) is 95.3 Å². The van der Waals surface area contributed by atoms with Crippen molar-refractivity contribution in [2.45, 2.75) is 114 Å². The Kier molecular flexibility index (Phi) is 14.5. The summed E-state index contributed by atoms with van der Waals surface area (Å²) in [5, 5.41) is 13.7. The van der Waals surface area contributed by atoms with Crippen LogP contribution in [0.4, 0.5) is 0 Å². The number of pyridine rings is 2. The maximum absolute atomic E-state index is 12.2. The zero-order valence-electron chi connectivity index (χ0n) is 32.5. The third-order valence-corrected chi connectivity index (χ3v) is 11.7. The monoisotopic (exact) mass is 882 g/mol. The number of carbonyl (C=O) groups is 1. The van der Waals surface area contributed by atoms with Crippen molar-refractivity contribution in [1.29, 1.82) is 0 Å². The molecular weight excluding hydrogens is 825 g/mol. The fraction of sp³-hybridized carbons (Fsp3) is 0.444. The van der Waals surface area contributed by atoms with Crippen LogP contribution in [-0.2, 0) is 36.7 Å². The van der Waals surface area contributed by atoms with Gasteiger partial charge in [-0.3, -0.25) is 9.78 Å². The Morgan fingerprint density at radius 1 is 0.863 bits per heavy atom. The van der Waals surface area contributed by atoms with Gasteiger partial charge in [0.1, 0.15) is 10.6 Å². The van der Waals surface area contributed by atoms with Gasteiger partial charge in [0.2, 0.25) is 0 Å². The van der Waals surface area contributed by atoms with Crippen LogP contribution in [-0.4, -0.2) is 20.9 Å². The van der Waals surface area contributed by atoms with E-state index >= 15 is 0 Å². The van der Waals surface area contributed by atoms with Crippen LogP contribution in [0.3, 0.4) is 0 Å². The van der Waals surface area contributed by atoms with Gasteiger partial charge in [-0.15, -0.1) is 40.5 Å². The number of fused-ring (bicyclic) bond motifs is 2. The second-order valence-electron chi connectivity index (χ2n) is 15.7. The summed E-state index contributed by atoms with van der Waals surface area (Å²) >= 11 is 1.81. The Balaban J connectivity index is 0.000000335. The third kappa shape index (κ3) is 10.0. The molecule has 5 rings (SSSR count). The maximum Gasteiger partial charge on any atom is 0.164 e. The Morgan fingerprint density at radius 3 is 2.12 bits per heavy atom. The van der Waals surface area contributed by atoms with Crippen LogP contribution in [0.25, 0.3) is 43.4 Å². The van der Waals surface area contributed by atoms with Gasteiger partial charge in [-0.05, 0) is 67.2 Å². The molecule has 0 fully saturated rings. The van der Waals surface area contributed by atoms with Gasteiger partial charge in [-0.1, -0.05) is 111 Å². The number of hydrogen-bond acceptors (Lipinski definition) is 5. The minimum atomic E-state index is -0.337. The molecule has 0 atom stereocenters. The van der Waals surface area contributed by atoms with Crippen molar-refractivity contribution >= 4 is 38.1 Å². The molecule has 3 aromatic heterocycles. The van der Waals surface area contributed by atoms with Crippen molar-refractivity contribution in [3.05, 3.63) is 95.3 Å². The zero-order chi connectivity index (χ0) is 36.9. The van der Waals surface area contributed by atoms with Crippen LogP contribution in [0.2, 0.25) is 0 Å². The maximum atomic E-state index is 12.2. The second-order valence-corrected chi connectivity index (χ2v) is 16.8. The smallest absolute Gasteiger partial charge is 0.164 e. The Morgan fingerprint density at radius 2 is 1.51 bits per heavy atom. The first-order valence-corrected chi connectivity index (χ1v) is 19.2. The summed E-state index contributed by atoms with van der Waals surface area (Å²) in [5.74, 6) is 0.935. The van der Waals surface area contributed by atoms with Crippen molar-refractivity contribution < 1.29 is 30.0 Å². The summed E-state index contributed by atoms with van der Waals surface area (Å²) in [6.45, 7) is 23.4. The molecule has 275 valence electrons. The molecule has 2 aromatic carbocycles. The van der Waals surface area contributed by atoms with Gasteiger partial charge in [-0.25, -0.2) is 4.98 Å². The molecule has 0 aliphatic carbocycles. The number of aliphatic hydroxyl groups excluding tert-OH is 1. The predicted octanol–water partition coefficient (Wildman–Crippen LogP) is 13.1. The van der Waals surface area contributed by atoms with E-state index in [0.717, 1.165) is 64.7 Å². The minimum absolute atomic E-state index is 0. The fourth-order valence-corrected chi connectivity index (χ4v) is 7.27. The van der Waals surface area contributed by atoms with Gasteiger partial charge in [0.15, 0.2) is 5.78 Å². The number of thiophene rings is 1. The summed E-state index contributed by atoms with van der Waals surface area (Å²) in [7, 11) is 0. The molecule has 0 amide bonds. The summed E-state index contributed by atoms with van der Waals surface area (Å²) in [4.78, 5) is 24.2. The quantitative estimate of drug-likeness (QED) is 0.0815. The first kappa shape index (κ1) is 42.2. The number of allylic oxidation sites excluding steroid dienone is 2. The van der Waals surface area contributed by atoms with E-state index in [0.29, 0.717) is 5.92 Å². The van der Waals surface area contributed by atoms with Crippen molar-refractivity contribution in [2.24, 2.45) is 16.7 Å². The van der Waals surface area contributed by atoms with Crippen molar-refractivity contribution in [2.75, 3.05) is 0 Å². The summed E-state index contributed by atoms with van der Waals surface area (Å²) in [6, 6.07) is 23.2. The molecule has 5 aromatic rings. The summed E-state index contributed by atoms with van der Waals surface area (Å²) in [6.07, 6.45) is 9.74. The fourth-order valence-electron chi connectivity index (χ4n) is 6.08. The largest absolute Gasteiger partial charge is 0.512 e. The van der Waals surface area contributed by atoms with Crippen LogP contribution in [0.5, 0.6) is 0 Å². The van der Waals surface area contributed by atoms with E-state index < -0.39 is 0 Å². The van der Waals surface area contributed by atoms with E-state index in [9.17, 15) is 9.90 Å². The van der Waals surface area contributed by atoms with Crippen molar-refractivity contribution in [3.8, 4) is 22.4 Å². The van der Waals surface area contributed by atoms with E-state index in [1.165, 1.54) is 27.3 Å². The average Bonchev–Trinajstić information content (AvgIpc) is 3.51. The van der Waals surface area contributed by atoms with Crippen LogP contribution < -0.4 is 0 Å². The summed E-state index contributed by atoms with van der Waals surface area (Å²) < 4.78 is 0. The normalized spacial score (nSPS) is 12.5. The molecule has 0 saturated carbocycles. The molecule has 0 bridgehead atoms. The number of aromatic nitrogens is 2. The second kappa shape index (κ2) is 17.6. The van der Waals surface area contributed by atoms with Gasteiger partial charge >= 0.3 is 0 Å².